The zero-order chi connectivity index (χ0) is 14.8. The van der Waals surface area contributed by atoms with E-state index in [2.05, 4.69) is 4.98 Å². The van der Waals surface area contributed by atoms with Crippen LogP contribution in [0.3, 0.4) is 0 Å². The van der Waals surface area contributed by atoms with Gasteiger partial charge in [-0.3, -0.25) is 9.78 Å². The summed E-state index contributed by atoms with van der Waals surface area (Å²) in [6, 6.07) is 8.49. The quantitative estimate of drug-likeness (QED) is 0.867. The van der Waals surface area contributed by atoms with Gasteiger partial charge in [-0.25, -0.2) is 4.39 Å². The first kappa shape index (κ1) is 13.7. The molecule has 1 aliphatic heterocycles. The van der Waals surface area contributed by atoms with Gasteiger partial charge in [-0.05, 0) is 41.8 Å². The van der Waals surface area contributed by atoms with E-state index in [1.165, 1.54) is 12.1 Å². The molecule has 2 heterocycles. The lowest BCUT2D eigenvalue weighted by molar-refractivity contribution is -0.128. The number of amides is 1. The molecule has 1 aromatic carbocycles. The molecule has 0 bridgehead atoms. The van der Waals surface area contributed by atoms with Crippen LogP contribution in [0.5, 0.6) is 0 Å². The van der Waals surface area contributed by atoms with E-state index < -0.39 is 0 Å². The molecule has 0 spiro atoms. The van der Waals surface area contributed by atoms with E-state index in [-0.39, 0.29) is 17.6 Å². The molecule has 1 saturated heterocycles. The fourth-order valence-electron chi connectivity index (χ4n) is 2.79. The summed E-state index contributed by atoms with van der Waals surface area (Å²) in [5, 5.41) is 0. The molecule has 21 heavy (non-hydrogen) atoms. The number of aryl methyl sites for hydroxylation is 1. The molecule has 1 aliphatic rings. The van der Waals surface area contributed by atoms with Gasteiger partial charge in [0.1, 0.15) is 5.82 Å². The summed E-state index contributed by atoms with van der Waals surface area (Å²) in [5.41, 5.74) is 3.09. The largest absolute Gasteiger partial charge is 0.338 e. The summed E-state index contributed by atoms with van der Waals surface area (Å²) in [6.07, 6.45) is 4.00. The zero-order valence-corrected chi connectivity index (χ0v) is 11.9. The number of likely N-dealkylation sites (tertiary alicyclic amines) is 1. The van der Waals surface area contributed by atoms with Crippen molar-refractivity contribution in [3.8, 4) is 0 Å². The predicted octanol–water partition coefficient (Wildman–Crippen LogP) is 3.05. The zero-order valence-electron chi connectivity index (χ0n) is 11.9. The van der Waals surface area contributed by atoms with Gasteiger partial charge in [-0.1, -0.05) is 12.1 Å². The van der Waals surface area contributed by atoms with E-state index in [0.29, 0.717) is 19.5 Å². The van der Waals surface area contributed by atoms with Gasteiger partial charge in [-0.2, -0.15) is 0 Å². The molecule has 1 atom stereocenters. The van der Waals surface area contributed by atoms with Crippen LogP contribution in [0.15, 0.2) is 42.7 Å². The van der Waals surface area contributed by atoms with Gasteiger partial charge in [0.05, 0.1) is 0 Å². The molecule has 0 radical (unpaired) electrons. The van der Waals surface area contributed by atoms with Crippen molar-refractivity contribution in [2.45, 2.75) is 25.8 Å². The normalized spacial score (nSPS) is 18.3. The van der Waals surface area contributed by atoms with Crippen LogP contribution in [0.25, 0.3) is 0 Å². The highest BCUT2D eigenvalue weighted by Gasteiger charge is 2.30. The van der Waals surface area contributed by atoms with Gasteiger partial charge in [0.2, 0.25) is 5.91 Å². The third kappa shape index (κ3) is 2.94. The summed E-state index contributed by atoms with van der Waals surface area (Å²) in [5.74, 6) is -0.0424. The van der Waals surface area contributed by atoms with Crippen LogP contribution < -0.4 is 0 Å². The summed E-state index contributed by atoms with van der Waals surface area (Å²) in [6.45, 7) is 3.23. The number of halogens is 1. The van der Waals surface area contributed by atoms with Crippen molar-refractivity contribution in [1.29, 1.82) is 0 Å². The number of hydrogen-bond donors (Lipinski definition) is 0. The molecular weight excluding hydrogens is 266 g/mol. The number of hydrogen-bond acceptors (Lipinski definition) is 2. The van der Waals surface area contributed by atoms with Crippen LogP contribution in [0.2, 0.25) is 0 Å². The number of carbonyl (C=O) groups is 1. The molecule has 0 aliphatic carbocycles. The number of nitrogens with zero attached hydrogens (tertiary/aromatic N) is 2. The topological polar surface area (TPSA) is 33.2 Å². The van der Waals surface area contributed by atoms with Crippen LogP contribution in [-0.2, 0) is 11.3 Å². The van der Waals surface area contributed by atoms with Crippen molar-refractivity contribution in [1.82, 2.24) is 9.88 Å². The molecule has 1 fully saturated rings. The molecule has 1 unspecified atom stereocenters. The second kappa shape index (κ2) is 5.64. The molecule has 0 N–H and O–H groups in total. The van der Waals surface area contributed by atoms with E-state index in [9.17, 15) is 9.18 Å². The number of carbonyl (C=O) groups excluding carboxylic acids is 1. The Morgan fingerprint density at radius 2 is 2.24 bits per heavy atom. The fourth-order valence-corrected chi connectivity index (χ4v) is 2.79. The molecule has 4 heteroatoms. The van der Waals surface area contributed by atoms with Crippen LogP contribution >= 0.6 is 0 Å². The average molecular weight is 283 g/mol. The van der Waals surface area contributed by atoms with E-state index in [1.807, 2.05) is 24.0 Å². The highest BCUT2D eigenvalue weighted by Crippen LogP contribution is 2.29. The first-order valence-corrected chi connectivity index (χ1v) is 7.06. The lowest BCUT2D eigenvalue weighted by Crippen LogP contribution is -2.24. The number of rotatable bonds is 3. The van der Waals surface area contributed by atoms with E-state index in [4.69, 9.17) is 0 Å². The Morgan fingerprint density at radius 3 is 3.00 bits per heavy atom. The predicted molar refractivity (Wildman–Crippen MR) is 78.1 cm³/mol. The van der Waals surface area contributed by atoms with Gasteiger partial charge >= 0.3 is 0 Å². The Morgan fingerprint density at radius 1 is 1.38 bits per heavy atom. The minimum Gasteiger partial charge on any atom is -0.338 e. The van der Waals surface area contributed by atoms with Crippen molar-refractivity contribution >= 4 is 5.91 Å². The highest BCUT2D eigenvalue weighted by molar-refractivity contribution is 5.79. The van der Waals surface area contributed by atoms with Crippen molar-refractivity contribution in [2.24, 2.45) is 0 Å². The molecule has 3 rings (SSSR count). The molecule has 1 aromatic heterocycles. The summed E-state index contributed by atoms with van der Waals surface area (Å²) < 4.78 is 13.3. The van der Waals surface area contributed by atoms with Crippen LogP contribution in [0.1, 0.15) is 29.0 Å². The molecule has 1 amide bonds. The van der Waals surface area contributed by atoms with Gasteiger partial charge in [-0.15, -0.1) is 0 Å². The lowest BCUT2D eigenvalue weighted by atomic mass is 9.98. The van der Waals surface area contributed by atoms with E-state index >= 15 is 0 Å². The van der Waals surface area contributed by atoms with E-state index in [1.54, 1.807) is 18.5 Å². The smallest absolute Gasteiger partial charge is 0.223 e. The minimum absolute atomic E-state index is 0.0790. The maximum absolute atomic E-state index is 13.3. The molecule has 0 saturated carbocycles. The average Bonchev–Trinajstić information content (AvgIpc) is 2.83. The second-order valence-corrected chi connectivity index (χ2v) is 5.53. The third-order valence-electron chi connectivity index (χ3n) is 4.03. The van der Waals surface area contributed by atoms with Crippen molar-refractivity contribution < 1.29 is 9.18 Å². The first-order valence-electron chi connectivity index (χ1n) is 7.06. The Balaban J connectivity index is 1.75. The molecule has 2 aromatic rings. The van der Waals surface area contributed by atoms with Gasteiger partial charge in [0, 0.05) is 37.8 Å². The Bertz CT molecular complexity index is 671. The number of pyridine rings is 1. The van der Waals surface area contributed by atoms with Crippen LogP contribution in [0, 0.1) is 12.7 Å². The van der Waals surface area contributed by atoms with E-state index in [0.717, 1.165) is 16.7 Å². The standard InChI is InChI=1S/C17H17FN2O/c1-12-9-19-6-5-14(12)10-20-11-15(8-17(20)21)13-3-2-4-16(18)7-13/h2-7,9,15H,8,10-11H2,1H3/i18-1. The van der Waals surface area contributed by atoms with Crippen molar-refractivity contribution in [3.05, 3.63) is 65.2 Å². The van der Waals surface area contributed by atoms with Crippen LogP contribution in [-0.4, -0.2) is 22.3 Å². The van der Waals surface area contributed by atoms with Gasteiger partial charge < -0.3 is 4.90 Å². The Hall–Kier alpha value is -2.23. The van der Waals surface area contributed by atoms with Crippen molar-refractivity contribution in [3.63, 3.8) is 0 Å². The monoisotopic (exact) mass is 283 g/mol. The molecular formula is C17H17FN2O. The van der Waals surface area contributed by atoms with Crippen LogP contribution in [0.4, 0.5) is 4.39 Å². The number of benzene rings is 1. The maximum Gasteiger partial charge on any atom is 0.223 e. The molecule has 108 valence electrons. The Kier molecular flexibility index (Phi) is 3.69. The maximum atomic E-state index is 13.3. The molecule has 3 nitrogen and oxygen atoms in total. The Labute approximate surface area is 123 Å². The summed E-state index contributed by atoms with van der Waals surface area (Å²) in [7, 11) is 0. The fraction of sp³-hybridized carbons (Fsp3) is 0.294. The highest BCUT2D eigenvalue weighted by atomic mass is 18.2. The first-order chi connectivity index (χ1) is 10.1. The lowest BCUT2D eigenvalue weighted by Gasteiger charge is -2.18. The second-order valence-electron chi connectivity index (χ2n) is 5.53. The third-order valence-corrected chi connectivity index (χ3v) is 4.03. The summed E-state index contributed by atoms with van der Waals surface area (Å²) >= 11 is 0. The van der Waals surface area contributed by atoms with Crippen molar-refractivity contribution in [2.75, 3.05) is 6.54 Å². The van der Waals surface area contributed by atoms with Gasteiger partial charge in [0.15, 0.2) is 0 Å². The SMILES string of the molecule is Cc1cnccc1CN1CC(c2cccc([18F])c2)CC1=O. The van der Waals surface area contributed by atoms with Gasteiger partial charge in [0.25, 0.3) is 0 Å². The number of aromatic nitrogens is 1. The minimum atomic E-state index is -0.247. The summed E-state index contributed by atoms with van der Waals surface area (Å²) in [4.78, 5) is 18.1.